The van der Waals surface area contributed by atoms with Gasteiger partial charge in [-0.15, -0.1) is 0 Å². The lowest BCUT2D eigenvalue weighted by Crippen LogP contribution is -2.41. The van der Waals surface area contributed by atoms with E-state index >= 15 is 0 Å². The average molecular weight is 488 g/mol. The van der Waals surface area contributed by atoms with Gasteiger partial charge in [-0.3, -0.25) is 19.1 Å². The average Bonchev–Trinajstić information content (AvgIpc) is 3.05. The number of esters is 1. The molecule has 2 heterocycles. The molecule has 0 unspecified atom stereocenters. The SMILES string of the molecule is CCCCn1c(N)c(N(CCC)C(=O)C=Cc2c(C(=O)OCC)c(C)n(CC)c2C)c(=O)[nH]c1=O. The molecule has 0 fully saturated rings. The standard InChI is InChI=1S/C25H37N5O5/c1-7-11-15-30-22(26)21(23(32)27-25(30)34)29(14-8-2)19(31)13-12-18-16(5)28(9-3)17(6)20(18)24(33)35-10-4/h12-13H,7-11,14-15,26H2,1-6H3,(H,27,32,34). The van der Waals surface area contributed by atoms with Gasteiger partial charge < -0.3 is 19.9 Å². The molecule has 2 rings (SSSR count). The first-order chi connectivity index (χ1) is 16.6. The number of nitrogens with one attached hydrogen (secondary N) is 1. The lowest BCUT2D eigenvalue weighted by Gasteiger charge is -2.23. The van der Waals surface area contributed by atoms with Crippen LogP contribution in [0.1, 0.15) is 74.3 Å². The van der Waals surface area contributed by atoms with Gasteiger partial charge in [-0.25, -0.2) is 9.59 Å². The van der Waals surface area contributed by atoms with Crippen molar-refractivity contribution in [1.29, 1.82) is 0 Å². The van der Waals surface area contributed by atoms with Gasteiger partial charge in [0.25, 0.3) is 11.5 Å². The summed E-state index contributed by atoms with van der Waals surface area (Å²) in [5, 5.41) is 0. The van der Waals surface area contributed by atoms with E-state index in [1.165, 1.54) is 15.5 Å². The van der Waals surface area contributed by atoms with Crippen LogP contribution in [0.2, 0.25) is 0 Å². The van der Waals surface area contributed by atoms with E-state index in [2.05, 4.69) is 4.98 Å². The topological polar surface area (TPSA) is 132 Å². The third kappa shape index (κ3) is 5.75. The Morgan fingerprint density at radius 1 is 1.06 bits per heavy atom. The minimum Gasteiger partial charge on any atom is -0.462 e. The summed E-state index contributed by atoms with van der Waals surface area (Å²) in [6.07, 6.45) is 4.98. The highest BCUT2D eigenvalue weighted by atomic mass is 16.5. The maximum absolute atomic E-state index is 13.3. The number of amides is 1. The molecule has 3 N–H and O–H groups in total. The molecule has 0 aliphatic carbocycles. The predicted molar refractivity (Wildman–Crippen MR) is 138 cm³/mol. The number of unbranched alkanes of at least 4 members (excludes halogenated alkanes) is 1. The third-order valence-electron chi connectivity index (χ3n) is 5.95. The van der Waals surface area contributed by atoms with Crippen molar-refractivity contribution in [3.05, 3.63) is 49.4 Å². The Kier molecular flexibility index (Phi) is 9.68. The van der Waals surface area contributed by atoms with E-state index in [-0.39, 0.29) is 24.7 Å². The van der Waals surface area contributed by atoms with Crippen LogP contribution in [-0.4, -0.2) is 39.1 Å². The van der Waals surface area contributed by atoms with E-state index in [0.29, 0.717) is 37.1 Å². The number of carbonyl (C=O) groups excluding carboxylic acids is 2. The molecule has 0 bridgehead atoms. The molecular formula is C25H37N5O5. The molecule has 2 aromatic rings. The van der Waals surface area contributed by atoms with Crippen molar-refractivity contribution in [2.45, 2.75) is 73.9 Å². The summed E-state index contributed by atoms with van der Waals surface area (Å²) >= 11 is 0. The Balaban J connectivity index is 2.57. The number of nitrogen functional groups attached to an aromatic ring is 1. The molecule has 35 heavy (non-hydrogen) atoms. The monoisotopic (exact) mass is 487 g/mol. The second kappa shape index (κ2) is 12.2. The summed E-state index contributed by atoms with van der Waals surface area (Å²) in [6, 6.07) is 0. The van der Waals surface area contributed by atoms with Gasteiger partial charge in [0.2, 0.25) is 0 Å². The zero-order valence-electron chi connectivity index (χ0n) is 21.6. The normalized spacial score (nSPS) is 11.3. The number of aromatic amines is 1. The molecular weight excluding hydrogens is 450 g/mol. The van der Waals surface area contributed by atoms with E-state index in [1.54, 1.807) is 13.0 Å². The van der Waals surface area contributed by atoms with Gasteiger partial charge in [0.15, 0.2) is 5.69 Å². The van der Waals surface area contributed by atoms with Crippen molar-refractivity contribution in [2.24, 2.45) is 0 Å². The molecule has 0 aliphatic heterocycles. The second-order valence-corrected chi connectivity index (χ2v) is 8.25. The minimum atomic E-state index is -0.716. The van der Waals surface area contributed by atoms with Crippen molar-refractivity contribution < 1.29 is 14.3 Å². The smallest absolute Gasteiger partial charge is 0.340 e. The van der Waals surface area contributed by atoms with E-state index in [9.17, 15) is 19.2 Å². The second-order valence-electron chi connectivity index (χ2n) is 8.25. The van der Waals surface area contributed by atoms with Crippen LogP contribution in [0.4, 0.5) is 11.5 Å². The lowest BCUT2D eigenvalue weighted by atomic mass is 10.1. The minimum absolute atomic E-state index is 0.0428. The van der Waals surface area contributed by atoms with Crippen molar-refractivity contribution >= 4 is 29.5 Å². The number of H-pyrrole nitrogens is 1. The number of hydrogen-bond acceptors (Lipinski definition) is 6. The van der Waals surface area contributed by atoms with E-state index in [0.717, 1.165) is 17.8 Å². The number of carbonyl (C=O) groups is 2. The van der Waals surface area contributed by atoms with Gasteiger partial charge in [-0.2, -0.15) is 0 Å². The lowest BCUT2D eigenvalue weighted by molar-refractivity contribution is -0.114. The van der Waals surface area contributed by atoms with Crippen LogP contribution in [0.15, 0.2) is 15.7 Å². The summed E-state index contributed by atoms with van der Waals surface area (Å²) in [5.41, 5.74) is 7.42. The summed E-state index contributed by atoms with van der Waals surface area (Å²) in [6.45, 7) is 12.7. The molecule has 10 nitrogen and oxygen atoms in total. The first-order valence-electron chi connectivity index (χ1n) is 12.1. The molecule has 0 saturated heterocycles. The molecule has 0 spiro atoms. The Bertz CT molecular complexity index is 1220. The molecule has 0 saturated carbocycles. The fraction of sp³-hybridized carbons (Fsp3) is 0.520. The number of anilines is 2. The van der Waals surface area contributed by atoms with Crippen molar-refractivity contribution in [3.63, 3.8) is 0 Å². The summed E-state index contributed by atoms with van der Waals surface area (Å²) in [4.78, 5) is 54.5. The first kappa shape index (κ1) is 27.7. The molecule has 0 atom stereocenters. The molecule has 1 amide bonds. The van der Waals surface area contributed by atoms with Crippen LogP contribution in [-0.2, 0) is 22.6 Å². The summed E-state index contributed by atoms with van der Waals surface area (Å²) in [5.74, 6) is -0.985. The van der Waals surface area contributed by atoms with Gasteiger partial charge in [0.05, 0.1) is 12.2 Å². The van der Waals surface area contributed by atoms with Crippen LogP contribution in [0, 0.1) is 13.8 Å². The van der Waals surface area contributed by atoms with E-state index in [4.69, 9.17) is 10.5 Å². The van der Waals surface area contributed by atoms with Gasteiger partial charge >= 0.3 is 11.7 Å². The molecule has 0 aliphatic rings. The highest BCUT2D eigenvalue weighted by Gasteiger charge is 2.25. The number of hydrogen-bond donors (Lipinski definition) is 2. The molecule has 0 radical (unpaired) electrons. The van der Waals surface area contributed by atoms with Crippen LogP contribution in [0.25, 0.3) is 6.08 Å². The molecule has 10 heteroatoms. The van der Waals surface area contributed by atoms with Gasteiger partial charge in [0.1, 0.15) is 5.82 Å². The van der Waals surface area contributed by atoms with Crippen molar-refractivity contribution in [3.8, 4) is 0 Å². The van der Waals surface area contributed by atoms with E-state index < -0.39 is 23.1 Å². The fourth-order valence-electron chi connectivity index (χ4n) is 4.22. The number of ether oxygens (including phenoxy) is 1. The maximum Gasteiger partial charge on any atom is 0.340 e. The molecule has 192 valence electrons. The quantitative estimate of drug-likeness (QED) is 0.370. The van der Waals surface area contributed by atoms with Gasteiger partial charge in [-0.05, 0) is 46.6 Å². The largest absolute Gasteiger partial charge is 0.462 e. The number of aromatic nitrogens is 3. The summed E-state index contributed by atoms with van der Waals surface area (Å²) < 4.78 is 8.50. The molecule has 0 aromatic carbocycles. The number of nitrogens with two attached hydrogens (primary N) is 1. The fourth-order valence-corrected chi connectivity index (χ4v) is 4.22. The maximum atomic E-state index is 13.3. The summed E-state index contributed by atoms with van der Waals surface area (Å²) in [7, 11) is 0. The zero-order valence-corrected chi connectivity index (χ0v) is 21.6. The highest BCUT2D eigenvalue weighted by Crippen LogP contribution is 2.25. The predicted octanol–water partition coefficient (Wildman–Crippen LogP) is 2.99. The van der Waals surface area contributed by atoms with Crippen LogP contribution < -0.4 is 21.9 Å². The number of nitrogens with zero attached hydrogens (tertiary/aromatic N) is 3. The Morgan fingerprint density at radius 2 is 1.74 bits per heavy atom. The number of rotatable bonds is 11. The first-order valence-corrected chi connectivity index (χ1v) is 12.1. The Morgan fingerprint density at radius 3 is 2.31 bits per heavy atom. The molecule has 2 aromatic heterocycles. The highest BCUT2D eigenvalue weighted by molar-refractivity contribution is 6.06. The van der Waals surface area contributed by atoms with Crippen LogP contribution in [0.3, 0.4) is 0 Å². The zero-order chi connectivity index (χ0) is 26.3. The Hall–Kier alpha value is -3.56. The Labute approximate surface area is 205 Å². The van der Waals surface area contributed by atoms with Crippen LogP contribution in [0.5, 0.6) is 0 Å². The van der Waals surface area contributed by atoms with Gasteiger partial charge in [-0.1, -0.05) is 20.3 Å². The van der Waals surface area contributed by atoms with Crippen LogP contribution >= 0.6 is 0 Å². The van der Waals surface area contributed by atoms with Crippen molar-refractivity contribution in [1.82, 2.24) is 14.1 Å². The van der Waals surface area contributed by atoms with E-state index in [1.807, 2.05) is 39.2 Å². The van der Waals surface area contributed by atoms with Gasteiger partial charge in [0, 0.05) is 42.7 Å². The van der Waals surface area contributed by atoms with Crippen molar-refractivity contribution in [2.75, 3.05) is 23.8 Å². The third-order valence-corrected chi connectivity index (χ3v) is 5.95.